The Hall–Kier alpha value is -1.06. The summed E-state index contributed by atoms with van der Waals surface area (Å²) >= 11 is 0. The fourth-order valence-electron chi connectivity index (χ4n) is 2.75. The number of nitrogens with one attached hydrogen (secondary N) is 1. The molecule has 3 nitrogen and oxygen atoms in total. The minimum atomic E-state index is 0.526. The Morgan fingerprint density at radius 1 is 1.26 bits per heavy atom. The molecular formula is C16H27N3. The summed E-state index contributed by atoms with van der Waals surface area (Å²) in [7, 11) is 2.21. The number of hydrogen-bond acceptors (Lipinski definition) is 3. The van der Waals surface area contributed by atoms with Crippen molar-refractivity contribution in [1.82, 2.24) is 10.2 Å². The molecule has 1 heterocycles. The Bertz CT molecular complexity index is 403. The fraction of sp³-hybridized carbons (Fsp3) is 0.625. The normalized spacial score (nSPS) is 21.1. The monoisotopic (exact) mass is 261 g/mol. The topological polar surface area (TPSA) is 18.5 Å². The van der Waals surface area contributed by atoms with Crippen LogP contribution in [0.3, 0.4) is 0 Å². The second-order valence-electron chi connectivity index (χ2n) is 5.97. The van der Waals surface area contributed by atoms with Gasteiger partial charge in [-0.05, 0) is 25.6 Å². The molecule has 19 heavy (non-hydrogen) atoms. The standard InChI is InChI=1S/C16H27N3/c1-13(2)17-11-15-7-5-6-8-16(15)19-10-9-18(4)12-14(19)3/h5-8,13-14,17H,9-12H2,1-4H3. The van der Waals surface area contributed by atoms with Gasteiger partial charge in [0.05, 0.1) is 0 Å². The number of hydrogen-bond donors (Lipinski definition) is 1. The number of nitrogens with zero attached hydrogens (tertiary/aromatic N) is 2. The van der Waals surface area contributed by atoms with Gasteiger partial charge in [0.15, 0.2) is 0 Å². The van der Waals surface area contributed by atoms with E-state index in [4.69, 9.17) is 0 Å². The zero-order valence-electron chi connectivity index (χ0n) is 12.7. The molecule has 1 aliphatic heterocycles. The Balaban J connectivity index is 2.14. The summed E-state index contributed by atoms with van der Waals surface area (Å²) in [5.74, 6) is 0. The number of anilines is 1. The Morgan fingerprint density at radius 2 is 2.00 bits per heavy atom. The van der Waals surface area contributed by atoms with E-state index in [2.05, 4.69) is 67.2 Å². The van der Waals surface area contributed by atoms with Crippen LogP contribution in [0, 0.1) is 0 Å². The maximum atomic E-state index is 3.53. The highest BCUT2D eigenvalue weighted by molar-refractivity contribution is 5.54. The summed E-state index contributed by atoms with van der Waals surface area (Å²) in [6.45, 7) is 11.1. The molecule has 1 saturated heterocycles. The molecule has 0 aromatic heterocycles. The van der Waals surface area contributed by atoms with Crippen molar-refractivity contribution in [2.24, 2.45) is 0 Å². The van der Waals surface area contributed by atoms with Crippen LogP contribution in [0.15, 0.2) is 24.3 Å². The summed E-state index contributed by atoms with van der Waals surface area (Å²) in [4.78, 5) is 4.97. The molecule has 1 fully saturated rings. The van der Waals surface area contributed by atoms with Crippen LogP contribution in [0.2, 0.25) is 0 Å². The van der Waals surface area contributed by atoms with Crippen molar-refractivity contribution >= 4 is 5.69 Å². The van der Waals surface area contributed by atoms with Crippen LogP contribution in [0.1, 0.15) is 26.3 Å². The van der Waals surface area contributed by atoms with E-state index >= 15 is 0 Å². The third-order valence-electron chi connectivity index (χ3n) is 3.83. The third kappa shape index (κ3) is 3.71. The first-order valence-electron chi connectivity index (χ1n) is 7.34. The van der Waals surface area contributed by atoms with Crippen molar-refractivity contribution in [3.8, 4) is 0 Å². The molecule has 1 aliphatic rings. The van der Waals surface area contributed by atoms with Crippen molar-refractivity contribution in [1.29, 1.82) is 0 Å². The van der Waals surface area contributed by atoms with Crippen molar-refractivity contribution in [3.05, 3.63) is 29.8 Å². The highest BCUT2D eigenvalue weighted by atomic mass is 15.3. The lowest BCUT2D eigenvalue weighted by atomic mass is 10.1. The van der Waals surface area contributed by atoms with Gasteiger partial charge >= 0.3 is 0 Å². The largest absolute Gasteiger partial charge is 0.366 e. The van der Waals surface area contributed by atoms with Gasteiger partial charge in [-0.15, -0.1) is 0 Å². The van der Waals surface area contributed by atoms with Crippen LogP contribution in [0.5, 0.6) is 0 Å². The number of rotatable bonds is 4. The molecule has 1 aromatic rings. The second kappa shape index (κ2) is 6.40. The number of para-hydroxylation sites is 1. The van der Waals surface area contributed by atoms with Gasteiger partial charge in [-0.1, -0.05) is 32.0 Å². The van der Waals surface area contributed by atoms with Crippen molar-refractivity contribution in [2.45, 2.75) is 39.4 Å². The first-order valence-corrected chi connectivity index (χ1v) is 7.34. The van der Waals surface area contributed by atoms with Gasteiger partial charge < -0.3 is 15.1 Å². The van der Waals surface area contributed by atoms with E-state index in [9.17, 15) is 0 Å². The van der Waals surface area contributed by atoms with Crippen molar-refractivity contribution in [2.75, 3.05) is 31.6 Å². The van der Waals surface area contributed by atoms with Crippen LogP contribution < -0.4 is 10.2 Å². The first-order chi connectivity index (χ1) is 9.08. The predicted molar refractivity (Wildman–Crippen MR) is 82.7 cm³/mol. The molecule has 1 unspecified atom stereocenters. The summed E-state index contributed by atoms with van der Waals surface area (Å²) < 4.78 is 0. The molecule has 0 spiro atoms. The van der Waals surface area contributed by atoms with E-state index in [0.29, 0.717) is 12.1 Å². The van der Waals surface area contributed by atoms with Crippen molar-refractivity contribution < 1.29 is 0 Å². The maximum Gasteiger partial charge on any atom is 0.0415 e. The summed E-state index contributed by atoms with van der Waals surface area (Å²) in [5.41, 5.74) is 2.81. The molecule has 0 aliphatic carbocycles. The van der Waals surface area contributed by atoms with Crippen LogP contribution in [0.4, 0.5) is 5.69 Å². The van der Waals surface area contributed by atoms with Gasteiger partial charge in [-0.3, -0.25) is 0 Å². The number of piperazine rings is 1. The molecule has 0 saturated carbocycles. The Kier molecular flexibility index (Phi) is 4.83. The summed E-state index contributed by atoms with van der Waals surface area (Å²) in [6.07, 6.45) is 0. The summed E-state index contributed by atoms with van der Waals surface area (Å²) in [5, 5.41) is 3.53. The molecule has 1 aromatic carbocycles. The first kappa shape index (κ1) is 14.4. The molecule has 1 atom stereocenters. The molecule has 3 heteroatoms. The lowest BCUT2D eigenvalue weighted by molar-refractivity contribution is 0.275. The van der Waals surface area contributed by atoms with Gasteiger partial charge in [0.25, 0.3) is 0 Å². The minimum Gasteiger partial charge on any atom is -0.366 e. The average molecular weight is 261 g/mol. The Labute approximate surface area is 117 Å². The maximum absolute atomic E-state index is 3.53. The van der Waals surface area contributed by atoms with Gasteiger partial charge in [-0.25, -0.2) is 0 Å². The zero-order chi connectivity index (χ0) is 13.8. The van der Waals surface area contributed by atoms with Gasteiger partial charge in [0.1, 0.15) is 0 Å². The fourth-order valence-corrected chi connectivity index (χ4v) is 2.75. The lowest BCUT2D eigenvalue weighted by Crippen LogP contribution is -2.50. The summed E-state index contributed by atoms with van der Waals surface area (Å²) in [6, 6.07) is 9.91. The van der Waals surface area contributed by atoms with Gasteiger partial charge in [0, 0.05) is 44.0 Å². The highest BCUT2D eigenvalue weighted by Gasteiger charge is 2.23. The predicted octanol–water partition coefficient (Wildman–Crippen LogP) is 2.32. The smallest absolute Gasteiger partial charge is 0.0415 e. The molecule has 2 rings (SSSR count). The SMILES string of the molecule is CC(C)NCc1ccccc1N1CCN(C)CC1C. The van der Waals surface area contributed by atoms with E-state index in [1.807, 2.05) is 0 Å². The molecule has 0 amide bonds. The van der Waals surface area contributed by atoms with E-state index in [-0.39, 0.29) is 0 Å². The average Bonchev–Trinajstić information content (AvgIpc) is 2.37. The molecule has 1 N–H and O–H groups in total. The van der Waals surface area contributed by atoms with Crippen LogP contribution in [-0.2, 0) is 6.54 Å². The van der Waals surface area contributed by atoms with Gasteiger partial charge in [-0.2, -0.15) is 0 Å². The Morgan fingerprint density at radius 3 is 2.68 bits per heavy atom. The highest BCUT2D eigenvalue weighted by Crippen LogP contribution is 2.24. The van der Waals surface area contributed by atoms with Gasteiger partial charge in [0.2, 0.25) is 0 Å². The zero-order valence-corrected chi connectivity index (χ0v) is 12.7. The van der Waals surface area contributed by atoms with E-state index < -0.39 is 0 Å². The second-order valence-corrected chi connectivity index (χ2v) is 5.97. The third-order valence-corrected chi connectivity index (χ3v) is 3.83. The number of benzene rings is 1. The molecule has 0 radical (unpaired) electrons. The minimum absolute atomic E-state index is 0.526. The van der Waals surface area contributed by atoms with E-state index in [0.717, 1.165) is 26.2 Å². The number of likely N-dealkylation sites (N-methyl/N-ethyl adjacent to an activating group) is 1. The quantitative estimate of drug-likeness (QED) is 0.897. The van der Waals surface area contributed by atoms with Crippen LogP contribution >= 0.6 is 0 Å². The molecular weight excluding hydrogens is 234 g/mol. The lowest BCUT2D eigenvalue weighted by Gasteiger charge is -2.40. The van der Waals surface area contributed by atoms with Crippen molar-refractivity contribution in [3.63, 3.8) is 0 Å². The molecule has 106 valence electrons. The molecule has 0 bridgehead atoms. The van der Waals surface area contributed by atoms with E-state index in [1.54, 1.807) is 0 Å². The van der Waals surface area contributed by atoms with Crippen LogP contribution in [-0.4, -0.2) is 43.7 Å². The van der Waals surface area contributed by atoms with Crippen LogP contribution in [0.25, 0.3) is 0 Å². The van der Waals surface area contributed by atoms with E-state index in [1.165, 1.54) is 11.3 Å².